The van der Waals surface area contributed by atoms with Gasteiger partial charge in [-0.05, 0) is 25.3 Å². The average Bonchev–Trinajstić information content (AvgIpc) is 2.19. The zero-order chi connectivity index (χ0) is 10.6. The van der Waals surface area contributed by atoms with Crippen LogP contribution in [0.3, 0.4) is 0 Å². The molecule has 3 nitrogen and oxygen atoms in total. The summed E-state index contributed by atoms with van der Waals surface area (Å²) in [5, 5.41) is 9.38. The van der Waals surface area contributed by atoms with Crippen molar-refractivity contribution in [2.75, 3.05) is 0 Å². The molecule has 0 radical (unpaired) electrons. The summed E-state index contributed by atoms with van der Waals surface area (Å²) in [6.45, 7) is 4.21. The molecule has 1 aliphatic rings. The summed E-state index contributed by atoms with van der Waals surface area (Å²) in [6, 6.07) is 0.0338. The average molecular weight is 199 g/mol. The first-order chi connectivity index (χ1) is 6.67. The Kier molecular flexibility index (Phi) is 4.42. The highest BCUT2D eigenvalue weighted by Crippen LogP contribution is 2.20. The molecule has 1 aliphatic carbocycles. The number of allylic oxidation sites excluding steroid dienone is 1. The molecule has 14 heavy (non-hydrogen) atoms. The molecule has 0 aliphatic heterocycles. The van der Waals surface area contributed by atoms with Gasteiger partial charge in [-0.1, -0.05) is 13.8 Å². The van der Waals surface area contributed by atoms with Gasteiger partial charge in [0.1, 0.15) is 0 Å². The van der Waals surface area contributed by atoms with E-state index < -0.39 is 0 Å². The number of nitrogens with two attached hydrogens (primary N) is 1. The maximum atomic E-state index is 9.38. The first-order valence-electron chi connectivity index (χ1n) is 5.48. The van der Waals surface area contributed by atoms with Crippen LogP contribution in [0.15, 0.2) is 11.8 Å². The monoisotopic (exact) mass is 199 g/mol. The molecule has 2 atom stereocenters. The van der Waals surface area contributed by atoms with E-state index in [1.165, 1.54) is 0 Å². The zero-order valence-corrected chi connectivity index (χ0v) is 9.07. The van der Waals surface area contributed by atoms with Crippen LogP contribution in [0.2, 0.25) is 0 Å². The Morgan fingerprint density at radius 3 is 2.79 bits per heavy atom. The van der Waals surface area contributed by atoms with Crippen molar-refractivity contribution in [3.8, 4) is 0 Å². The van der Waals surface area contributed by atoms with E-state index in [1.807, 2.05) is 0 Å². The van der Waals surface area contributed by atoms with Crippen LogP contribution in [0.4, 0.5) is 0 Å². The fourth-order valence-corrected chi connectivity index (χ4v) is 1.72. The molecule has 0 bridgehead atoms. The molecule has 0 heterocycles. The van der Waals surface area contributed by atoms with Crippen LogP contribution in [-0.4, -0.2) is 23.4 Å². The molecule has 1 rings (SSSR count). The van der Waals surface area contributed by atoms with Crippen LogP contribution >= 0.6 is 0 Å². The Labute approximate surface area is 85.9 Å². The second kappa shape index (κ2) is 5.37. The van der Waals surface area contributed by atoms with E-state index in [1.54, 1.807) is 6.08 Å². The smallest absolute Gasteiger partial charge is 0.0945 e. The fourth-order valence-electron chi connectivity index (χ4n) is 1.72. The van der Waals surface area contributed by atoms with Crippen molar-refractivity contribution in [1.82, 2.24) is 0 Å². The summed E-state index contributed by atoms with van der Waals surface area (Å²) in [6.07, 6.45) is 5.40. The molecular weight excluding hydrogens is 178 g/mol. The predicted molar refractivity (Wildman–Crippen MR) is 57.2 cm³/mol. The third kappa shape index (κ3) is 3.00. The molecule has 0 fully saturated rings. The van der Waals surface area contributed by atoms with Gasteiger partial charge in [-0.15, -0.1) is 0 Å². The lowest BCUT2D eigenvalue weighted by molar-refractivity contribution is -0.00944. The van der Waals surface area contributed by atoms with Crippen molar-refractivity contribution in [3.05, 3.63) is 11.8 Å². The highest BCUT2D eigenvalue weighted by atomic mass is 16.5. The summed E-state index contributed by atoms with van der Waals surface area (Å²) in [7, 11) is 0. The predicted octanol–water partition coefficient (Wildman–Crippen LogP) is 2.12. The van der Waals surface area contributed by atoms with Gasteiger partial charge in [0.15, 0.2) is 0 Å². The van der Waals surface area contributed by atoms with Crippen molar-refractivity contribution in [2.45, 2.75) is 57.8 Å². The highest BCUT2D eigenvalue weighted by Gasteiger charge is 2.24. The molecule has 0 aromatic heterocycles. The summed E-state index contributed by atoms with van der Waals surface area (Å²) in [4.78, 5) is 0. The molecule has 0 unspecified atom stereocenters. The molecule has 0 aromatic carbocycles. The quantitative estimate of drug-likeness (QED) is 0.729. The van der Waals surface area contributed by atoms with E-state index in [0.29, 0.717) is 12.2 Å². The van der Waals surface area contributed by atoms with Gasteiger partial charge < -0.3 is 15.6 Å². The maximum absolute atomic E-state index is 9.38. The Morgan fingerprint density at radius 1 is 1.57 bits per heavy atom. The van der Waals surface area contributed by atoms with Gasteiger partial charge in [0.2, 0.25) is 0 Å². The Hall–Kier alpha value is -0.540. The van der Waals surface area contributed by atoms with Gasteiger partial charge in [0, 0.05) is 12.5 Å². The third-order valence-electron chi connectivity index (χ3n) is 2.77. The number of ether oxygens (including phenoxy) is 1. The Balaban J connectivity index is 2.52. The van der Waals surface area contributed by atoms with E-state index in [4.69, 9.17) is 10.5 Å². The van der Waals surface area contributed by atoms with Gasteiger partial charge in [0.05, 0.1) is 18.0 Å². The third-order valence-corrected chi connectivity index (χ3v) is 2.77. The zero-order valence-electron chi connectivity index (χ0n) is 9.07. The maximum Gasteiger partial charge on any atom is 0.0945 e. The van der Waals surface area contributed by atoms with Crippen LogP contribution in [0.1, 0.15) is 39.5 Å². The van der Waals surface area contributed by atoms with Gasteiger partial charge in [-0.3, -0.25) is 0 Å². The van der Waals surface area contributed by atoms with Crippen molar-refractivity contribution in [1.29, 1.82) is 0 Å². The molecule has 0 amide bonds. The second-order valence-corrected chi connectivity index (χ2v) is 3.90. The van der Waals surface area contributed by atoms with Crippen molar-refractivity contribution in [3.63, 3.8) is 0 Å². The summed E-state index contributed by atoms with van der Waals surface area (Å²) in [5.74, 6) is 0.419. The second-order valence-electron chi connectivity index (χ2n) is 3.90. The van der Waals surface area contributed by atoms with Gasteiger partial charge >= 0.3 is 0 Å². The van der Waals surface area contributed by atoms with Crippen LogP contribution in [0.5, 0.6) is 0 Å². The molecular formula is C11H21NO2. The topological polar surface area (TPSA) is 55.5 Å². The normalized spacial score (nSPS) is 27.9. The van der Waals surface area contributed by atoms with E-state index in [2.05, 4.69) is 13.8 Å². The van der Waals surface area contributed by atoms with Crippen molar-refractivity contribution in [2.24, 2.45) is 5.73 Å². The molecule has 82 valence electrons. The number of hydrogen-bond donors (Lipinski definition) is 2. The Morgan fingerprint density at radius 2 is 2.21 bits per heavy atom. The lowest BCUT2D eigenvalue weighted by Crippen LogP contribution is -2.40. The molecule has 3 N–H and O–H groups in total. The van der Waals surface area contributed by atoms with E-state index >= 15 is 0 Å². The highest BCUT2D eigenvalue weighted by molar-refractivity contribution is 5.06. The Bertz CT molecular complexity index is 199. The number of hydrogen-bond acceptors (Lipinski definition) is 3. The van der Waals surface area contributed by atoms with E-state index in [0.717, 1.165) is 19.3 Å². The van der Waals surface area contributed by atoms with E-state index in [-0.39, 0.29) is 18.2 Å². The fraction of sp³-hybridized carbons (Fsp3) is 0.818. The lowest BCUT2D eigenvalue weighted by Gasteiger charge is -2.29. The first kappa shape index (κ1) is 11.5. The van der Waals surface area contributed by atoms with Gasteiger partial charge in [-0.2, -0.15) is 0 Å². The first-order valence-corrected chi connectivity index (χ1v) is 5.48. The van der Waals surface area contributed by atoms with Crippen LogP contribution in [-0.2, 0) is 4.74 Å². The molecule has 0 aromatic rings. The molecule has 0 saturated carbocycles. The molecule has 0 spiro atoms. The largest absolute Gasteiger partial charge is 0.513 e. The number of aliphatic hydroxyl groups is 1. The minimum absolute atomic E-state index is 0.0338. The minimum atomic E-state index is -0.103. The van der Waals surface area contributed by atoms with Gasteiger partial charge in [0.25, 0.3) is 0 Å². The van der Waals surface area contributed by atoms with E-state index in [9.17, 15) is 5.11 Å². The summed E-state index contributed by atoms with van der Waals surface area (Å²) in [5.41, 5.74) is 5.92. The lowest BCUT2D eigenvalue weighted by atomic mass is 9.98. The summed E-state index contributed by atoms with van der Waals surface area (Å²) < 4.78 is 5.81. The molecule has 3 heteroatoms. The van der Waals surface area contributed by atoms with Crippen molar-refractivity contribution >= 4 is 0 Å². The van der Waals surface area contributed by atoms with Gasteiger partial charge in [-0.25, -0.2) is 0 Å². The summed E-state index contributed by atoms with van der Waals surface area (Å²) >= 11 is 0. The van der Waals surface area contributed by atoms with Crippen LogP contribution in [0, 0.1) is 0 Å². The minimum Gasteiger partial charge on any atom is -0.513 e. The standard InChI is InChI=1S/C11H21NO2/c1-3-9(4-2)14-11-7-8(13)5-6-10(11)12/h7,9-11,13H,3-6,12H2,1-2H3/t10-,11-/m1/s1. The van der Waals surface area contributed by atoms with Crippen LogP contribution < -0.4 is 5.73 Å². The van der Waals surface area contributed by atoms with Crippen molar-refractivity contribution < 1.29 is 9.84 Å². The molecule has 0 saturated heterocycles. The van der Waals surface area contributed by atoms with Crippen LogP contribution in [0.25, 0.3) is 0 Å². The SMILES string of the molecule is CCC(CC)O[C@@H]1C=C(O)CC[C@H]1N. The number of rotatable bonds is 4. The number of aliphatic hydroxyl groups excluding tert-OH is 1.